The highest BCUT2D eigenvalue weighted by atomic mass is 35.5. The van der Waals surface area contributed by atoms with Crippen molar-refractivity contribution >= 4 is 24.8 Å². The lowest BCUT2D eigenvalue weighted by atomic mass is 9.99. The molecule has 3 rings (SSSR count). The summed E-state index contributed by atoms with van der Waals surface area (Å²) in [6, 6.07) is 10.4. The molecular weight excluding hydrogens is 405 g/mol. The summed E-state index contributed by atoms with van der Waals surface area (Å²) < 4.78 is 26.5. The number of hydrogen-bond acceptors (Lipinski definition) is 3. The second kappa shape index (κ2) is 10.2. The number of benzene rings is 2. The van der Waals surface area contributed by atoms with Crippen molar-refractivity contribution in [2.24, 2.45) is 5.73 Å². The molecule has 2 aromatic carbocycles. The maximum Gasteiger partial charge on any atom is 0.126 e. The molecule has 2 atom stereocenters. The SMILES string of the molecule is C#Cc1cccc(C2(NC[C@@H](O)[C@@H](N)Cc3cc(F)cc(F)c3)CC2)c1.Cl.Cl. The quantitative estimate of drug-likeness (QED) is 0.592. The average Bonchev–Trinajstić information content (AvgIpc) is 3.40. The van der Waals surface area contributed by atoms with Crippen LogP contribution in [0.25, 0.3) is 0 Å². The number of nitrogens with two attached hydrogens (primary N) is 1. The number of nitrogens with one attached hydrogen (secondary N) is 1. The molecule has 28 heavy (non-hydrogen) atoms. The van der Waals surface area contributed by atoms with E-state index in [1.165, 1.54) is 12.1 Å². The van der Waals surface area contributed by atoms with Crippen LogP contribution in [0.1, 0.15) is 29.5 Å². The van der Waals surface area contributed by atoms with Crippen molar-refractivity contribution in [1.29, 1.82) is 0 Å². The molecular formula is C21H24Cl2F2N2O. The number of hydrogen-bond donors (Lipinski definition) is 3. The van der Waals surface area contributed by atoms with Gasteiger partial charge in [0.05, 0.1) is 6.10 Å². The monoisotopic (exact) mass is 428 g/mol. The van der Waals surface area contributed by atoms with Crippen molar-refractivity contribution in [3.63, 3.8) is 0 Å². The molecule has 1 aliphatic carbocycles. The van der Waals surface area contributed by atoms with Crippen LogP contribution in [0.3, 0.4) is 0 Å². The molecule has 0 spiro atoms. The summed E-state index contributed by atoms with van der Waals surface area (Å²) in [5.41, 5.74) is 8.19. The van der Waals surface area contributed by atoms with Crippen LogP contribution in [-0.4, -0.2) is 23.8 Å². The van der Waals surface area contributed by atoms with Gasteiger partial charge in [-0.05, 0) is 54.7 Å². The van der Waals surface area contributed by atoms with Crippen LogP contribution in [0.15, 0.2) is 42.5 Å². The van der Waals surface area contributed by atoms with Crippen molar-refractivity contribution in [2.45, 2.75) is 36.9 Å². The Morgan fingerprint density at radius 2 is 1.79 bits per heavy atom. The summed E-state index contributed by atoms with van der Waals surface area (Å²) >= 11 is 0. The number of terminal acetylenes is 1. The number of rotatable bonds is 7. The lowest BCUT2D eigenvalue weighted by molar-refractivity contribution is 0.136. The van der Waals surface area contributed by atoms with Gasteiger partial charge in [0.15, 0.2) is 0 Å². The molecule has 0 radical (unpaired) electrons. The molecule has 152 valence electrons. The summed E-state index contributed by atoms with van der Waals surface area (Å²) in [6.45, 7) is 0.291. The van der Waals surface area contributed by atoms with Crippen LogP contribution in [-0.2, 0) is 12.0 Å². The summed E-state index contributed by atoms with van der Waals surface area (Å²) in [6.07, 6.45) is 6.72. The minimum atomic E-state index is -0.838. The number of aliphatic hydroxyl groups excluding tert-OH is 1. The number of halogens is 4. The van der Waals surface area contributed by atoms with Crippen LogP contribution >= 0.6 is 24.8 Å². The Labute approximate surface area is 176 Å². The van der Waals surface area contributed by atoms with E-state index in [4.69, 9.17) is 12.2 Å². The maximum atomic E-state index is 13.3. The third kappa shape index (κ3) is 5.91. The average molecular weight is 429 g/mol. The first-order valence-corrected chi connectivity index (χ1v) is 8.63. The van der Waals surface area contributed by atoms with Crippen molar-refractivity contribution in [1.82, 2.24) is 5.32 Å². The third-order valence-corrected chi connectivity index (χ3v) is 4.87. The van der Waals surface area contributed by atoms with Gasteiger partial charge in [-0.3, -0.25) is 0 Å². The molecule has 1 fully saturated rings. The molecule has 0 aromatic heterocycles. The summed E-state index contributed by atoms with van der Waals surface area (Å²) in [7, 11) is 0. The fraction of sp³-hybridized carbons (Fsp3) is 0.333. The van der Waals surface area contributed by atoms with Crippen LogP contribution < -0.4 is 11.1 Å². The third-order valence-electron chi connectivity index (χ3n) is 4.87. The lowest BCUT2D eigenvalue weighted by Crippen LogP contribution is -2.45. The van der Waals surface area contributed by atoms with Crippen molar-refractivity contribution < 1.29 is 13.9 Å². The number of aliphatic hydroxyl groups is 1. The zero-order valence-electron chi connectivity index (χ0n) is 15.2. The van der Waals surface area contributed by atoms with Gasteiger partial charge in [0, 0.05) is 29.8 Å². The zero-order valence-corrected chi connectivity index (χ0v) is 16.8. The van der Waals surface area contributed by atoms with E-state index in [-0.39, 0.29) is 36.8 Å². The Morgan fingerprint density at radius 1 is 1.14 bits per heavy atom. The molecule has 2 aromatic rings. The van der Waals surface area contributed by atoms with Gasteiger partial charge in [-0.2, -0.15) is 0 Å². The van der Waals surface area contributed by atoms with Gasteiger partial charge >= 0.3 is 0 Å². The van der Waals surface area contributed by atoms with Gasteiger partial charge in [0.1, 0.15) is 11.6 Å². The molecule has 0 unspecified atom stereocenters. The highest BCUT2D eigenvalue weighted by Crippen LogP contribution is 2.45. The normalized spacial score (nSPS) is 16.1. The topological polar surface area (TPSA) is 58.3 Å². The molecule has 1 aliphatic rings. The Balaban J connectivity index is 0.00000196. The Hall–Kier alpha value is -1.68. The minimum absolute atomic E-state index is 0. The first-order valence-electron chi connectivity index (χ1n) is 8.63. The van der Waals surface area contributed by atoms with E-state index in [1.54, 1.807) is 0 Å². The van der Waals surface area contributed by atoms with E-state index in [0.29, 0.717) is 12.1 Å². The molecule has 0 heterocycles. The van der Waals surface area contributed by atoms with Crippen molar-refractivity contribution in [3.05, 3.63) is 70.8 Å². The van der Waals surface area contributed by atoms with E-state index in [0.717, 1.165) is 30.0 Å². The van der Waals surface area contributed by atoms with E-state index in [2.05, 4.69) is 11.2 Å². The second-order valence-corrected chi connectivity index (χ2v) is 6.90. The molecule has 0 amide bonds. The van der Waals surface area contributed by atoms with E-state index >= 15 is 0 Å². The summed E-state index contributed by atoms with van der Waals surface area (Å²) in [5.74, 6) is 1.33. The fourth-order valence-corrected chi connectivity index (χ4v) is 3.19. The highest BCUT2D eigenvalue weighted by Gasteiger charge is 2.44. The van der Waals surface area contributed by atoms with Crippen LogP contribution in [0.2, 0.25) is 0 Å². The van der Waals surface area contributed by atoms with Gasteiger partial charge in [0.2, 0.25) is 0 Å². The van der Waals surface area contributed by atoms with Crippen LogP contribution in [0.4, 0.5) is 8.78 Å². The Morgan fingerprint density at radius 3 is 2.36 bits per heavy atom. The largest absolute Gasteiger partial charge is 0.390 e. The molecule has 4 N–H and O–H groups in total. The molecule has 0 aliphatic heterocycles. The summed E-state index contributed by atoms with van der Waals surface area (Å²) in [5, 5.41) is 13.7. The van der Waals surface area contributed by atoms with Crippen LogP contribution in [0, 0.1) is 24.0 Å². The maximum absolute atomic E-state index is 13.3. The van der Waals surface area contributed by atoms with Crippen molar-refractivity contribution in [3.8, 4) is 12.3 Å². The van der Waals surface area contributed by atoms with Crippen molar-refractivity contribution in [2.75, 3.05) is 6.54 Å². The standard InChI is InChI=1S/C21H22F2N2O.2ClH/c1-2-14-4-3-5-16(8-14)21(6-7-21)25-13-20(26)19(24)11-15-9-17(22)12-18(23)10-15;;/h1,3-5,8-10,12,19-20,25-26H,6-7,11,13,24H2;2*1H/t19-,20+;;/m0../s1. The zero-order chi connectivity index (χ0) is 18.7. The van der Waals surface area contributed by atoms with Gasteiger partial charge in [0.25, 0.3) is 0 Å². The van der Waals surface area contributed by atoms with E-state index < -0.39 is 23.8 Å². The van der Waals surface area contributed by atoms with Gasteiger partial charge in [-0.1, -0.05) is 18.1 Å². The molecule has 3 nitrogen and oxygen atoms in total. The van der Waals surface area contributed by atoms with E-state index in [1.807, 2.05) is 24.3 Å². The Kier molecular flexibility index (Phi) is 8.87. The first kappa shape index (κ1) is 24.4. The van der Waals surface area contributed by atoms with Gasteiger partial charge in [-0.15, -0.1) is 31.2 Å². The molecule has 0 bridgehead atoms. The first-order chi connectivity index (χ1) is 12.4. The summed E-state index contributed by atoms with van der Waals surface area (Å²) in [4.78, 5) is 0. The van der Waals surface area contributed by atoms with Gasteiger partial charge < -0.3 is 16.2 Å². The van der Waals surface area contributed by atoms with Crippen LogP contribution in [0.5, 0.6) is 0 Å². The predicted molar refractivity (Wildman–Crippen MR) is 112 cm³/mol. The Bertz CT molecular complexity index is 817. The predicted octanol–water partition coefficient (Wildman–Crippen LogP) is 3.30. The fourth-order valence-electron chi connectivity index (χ4n) is 3.19. The molecule has 7 heteroatoms. The smallest absolute Gasteiger partial charge is 0.126 e. The molecule has 0 saturated heterocycles. The van der Waals surface area contributed by atoms with Gasteiger partial charge in [-0.25, -0.2) is 8.78 Å². The van der Waals surface area contributed by atoms with E-state index in [9.17, 15) is 13.9 Å². The lowest BCUT2D eigenvalue weighted by Gasteiger charge is -2.24. The highest BCUT2D eigenvalue weighted by molar-refractivity contribution is 5.85. The molecule has 1 saturated carbocycles. The minimum Gasteiger partial charge on any atom is -0.390 e. The second-order valence-electron chi connectivity index (χ2n) is 6.90.